The SMILES string of the molecule is CCCC/C=C/CCN(CC/C=C/CCCC)C(C)C(=O)[O-].[K+]. The maximum absolute atomic E-state index is 11.1. The van der Waals surface area contributed by atoms with Gasteiger partial charge in [-0.1, -0.05) is 63.8 Å². The number of aliphatic carboxylic acids is 1. The molecule has 0 aliphatic carbocycles. The van der Waals surface area contributed by atoms with Crippen molar-refractivity contribution in [2.24, 2.45) is 0 Å². The molecule has 0 aromatic heterocycles. The van der Waals surface area contributed by atoms with Gasteiger partial charge in [-0.15, -0.1) is 0 Å². The average Bonchev–Trinajstić information content (AvgIpc) is 2.51. The summed E-state index contributed by atoms with van der Waals surface area (Å²) in [4.78, 5) is 13.1. The van der Waals surface area contributed by atoms with Gasteiger partial charge in [-0.3, -0.25) is 4.90 Å². The molecule has 0 bridgehead atoms. The summed E-state index contributed by atoms with van der Waals surface area (Å²) in [5, 5.41) is 11.1. The van der Waals surface area contributed by atoms with E-state index in [-0.39, 0.29) is 51.4 Å². The van der Waals surface area contributed by atoms with Crippen LogP contribution in [0.25, 0.3) is 0 Å². The van der Waals surface area contributed by atoms with Gasteiger partial charge in [0, 0.05) is 19.1 Å². The van der Waals surface area contributed by atoms with Crippen LogP contribution >= 0.6 is 0 Å². The Morgan fingerprint density at radius 3 is 1.65 bits per heavy atom. The standard InChI is InChI=1S/C19H35NO2.K/c1-4-6-8-10-12-14-16-20(18(3)19(21)22)17-15-13-11-9-7-5-2;/h10-13,18H,4-9,14-17H2,1-3H3,(H,21,22);/q;+1/p-1/b12-10+,13-11+;. The monoisotopic (exact) mass is 347 g/mol. The van der Waals surface area contributed by atoms with Gasteiger partial charge in [0.1, 0.15) is 0 Å². The number of carboxylic acid groups (broad SMARTS) is 1. The van der Waals surface area contributed by atoms with Crippen molar-refractivity contribution in [1.29, 1.82) is 0 Å². The minimum atomic E-state index is -0.982. The summed E-state index contributed by atoms with van der Waals surface area (Å²) in [6, 6.07) is -0.520. The van der Waals surface area contributed by atoms with Crippen LogP contribution in [-0.2, 0) is 4.79 Å². The Morgan fingerprint density at radius 1 is 0.913 bits per heavy atom. The zero-order chi connectivity index (χ0) is 16.6. The molecule has 0 spiro atoms. The summed E-state index contributed by atoms with van der Waals surface area (Å²) in [6.07, 6.45) is 17.7. The number of carboxylic acids is 1. The van der Waals surface area contributed by atoms with Crippen LogP contribution in [0.4, 0.5) is 0 Å². The number of nitrogens with zero attached hydrogens (tertiary/aromatic N) is 1. The number of allylic oxidation sites excluding steroid dienone is 2. The van der Waals surface area contributed by atoms with Crippen LogP contribution < -0.4 is 56.5 Å². The summed E-state index contributed by atoms with van der Waals surface area (Å²) in [6.45, 7) is 7.65. The molecule has 1 unspecified atom stereocenters. The van der Waals surface area contributed by atoms with Crippen LogP contribution in [0.2, 0.25) is 0 Å². The van der Waals surface area contributed by atoms with E-state index in [2.05, 4.69) is 38.2 Å². The molecular weight excluding hydrogens is 313 g/mol. The first-order valence-electron chi connectivity index (χ1n) is 8.88. The van der Waals surface area contributed by atoms with Crippen molar-refractivity contribution in [2.45, 2.75) is 78.2 Å². The number of unbranched alkanes of at least 4 members (excludes halogenated alkanes) is 4. The minimum Gasteiger partial charge on any atom is -0.548 e. The molecule has 0 heterocycles. The van der Waals surface area contributed by atoms with Gasteiger partial charge in [-0.05, 0) is 32.6 Å². The largest absolute Gasteiger partial charge is 1.00 e. The van der Waals surface area contributed by atoms with E-state index in [1.807, 2.05) is 4.90 Å². The predicted octanol–water partition coefficient (Wildman–Crippen LogP) is 0.704. The van der Waals surface area contributed by atoms with Crippen molar-refractivity contribution >= 4 is 5.97 Å². The molecule has 0 N–H and O–H groups in total. The van der Waals surface area contributed by atoms with E-state index < -0.39 is 12.0 Å². The average molecular weight is 348 g/mol. The molecule has 0 saturated carbocycles. The summed E-state index contributed by atoms with van der Waals surface area (Å²) in [7, 11) is 0. The van der Waals surface area contributed by atoms with E-state index in [1.165, 1.54) is 25.7 Å². The van der Waals surface area contributed by atoms with Crippen molar-refractivity contribution < 1.29 is 61.3 Å². The molecule has 0 amide bonds. The van der Waals surface area contributed by atoms with E-state index in [0.717, 1.165) is 38.8 Å². The zero-order valence-electron chi connectivity index (χ0n) is 15.7. The third kappa shape index (κ3) is 15.8. The Hall–Kier alpha value is 0.546. The first-order valence-corrected chi connectivity index (χ1v) is 8.88. The Bertz CT molecular complexity index is 307. The third-order valence-corrected chi connectivity index (χ3v) is 3.84. The topological polar surface area (TPSA) is 43.4 Å². The van der Waals surface area contributed by atoms with Crippen molar-refractivity contribution in [2.75, 3.05) is 13.1 Å². The maximum atomic E-state index is 11.1. The number of hydrogen-bond acceptors (Lipinski definition) is 3. The minimum absolute atomic E-state index is 0. The summed E-state index contributed by atoms with van der Waals surface area (Å²) in [5.74, 6) is -0.982. The maximum Gasteiger partial charge on any atom is 1.00 e. The Kier molecular flexibility index (Phi) is 21.2. The van der Waals surface area contributed by atoms with Crippen LogP contribution in [-0.4, -0.2) is 30.0 Å². The molecule has 0 aliphatic rings. The molecule has 0 fully saturated rings. The molecule has 0 radical (unpaired) electrons. The first kappa shape index (κ1) is 25.8. The van der Waals surface area contributed by atoms with Gasteiger partial charge in [-0.2, -0.15) is 0 Å². The van der Waals surface area contributed by atoms with Crippen LogP contribution in [0, 0.1) is 0 Å². The van der Waals surface area contributed by atoms with Crippen molar-refractivity contribution in [1.82, 2.24) is 4.90 Å². The fourth-order valence-electron chi connectivity index (χ4n) is 2.24. The van der Waals surface area contributed by atoms with Crippen LogP contribution in [0.5, 0.6) is 0 Å². The Labute approximate surface area is 186 Å². The van der Waals surface area contributed by atoms with Crippen molar-refractivity contribution in [3.05, 3.63) is 24.3 Å². The quantitative estimate of drug-likeness (QED) is 0.264. The van der Waals surface area contributed by atoms with E-state index in [0.29, 0.717) is 0 Å². The molecule has 0 saturated heterocycles. The van der Waals surface area contributed by atoms with Crippen LogP contribution in [0.15, 0.2) is 24.3 Å². The second-order valence-electron chi connectivity index (χ2n) is 5.84. The van der Waals surface area contributed by atoms with E-state index in [4.69, 9.17) is 0 Å². The molecule has 23 heavy (non-hydrogen) atoms. The predicted molar refractivity (Wildman–Crippen MR) is 92.6 cm³/mol. The molecule has 4 heteroatoms. The molecule has 3 nitrogen and oxygen atoms in total. The normalized spacial score (nSPS) is 12.9. The smallest absolute Gasteiger partial charge is 0.548 e. The number of rotatable bonds is 14. The van der Waals surface area contributed by atoms with Gasteiger partial charge in [0.25, 0.3) is 0 Å². The van der Waals surface area contributed by atoms with Crippen LogP contribution in [0.1, 0.15) is 72.1 Å². The summed E-state index contributed by atoms with van der Waals surface area (Å²) < 4.78 is 0. The van der Waals surface area contributed by atoms with Gasteiger partial charge >= 0.3 is 51.4 Å². The fraction of sp³-hybridized carbons (Fsp3) is 0.737. The van der Waals surface area contributed by atoms with Gasteiger partial charge in [0.15, 0.2) is 0 Å². The van der Waals surface area contributed by atoms with Crippen LogP contribution in [0.3, 0.4) is 0 Å². The first-order chi connectivity index (χ1) is 10.6. The molecule has 0 aromatic rings. The number of carbonyl (C=O) groups is 1. The van der Waals surface area contributed by atoms with E-state index in [9.17, 15) is 9.90 Å². The molecule has 0 aromatic carbocycles. The van der Waals surface area contributed by atoms with Crippen molar-refractivity contribution in [3.63, 3.8) is 0 Å². The van der Waals surface area contributed by atoms with Crippen molar-refractivity contribution in [3.8, 4) is 0 Å². The van der Waals surface area contributed by atoms with Gasteiger partial charge in [-0.25, -0.2) is 0 Å². The number of hydrogen-bond donors (Lipinski definition) is 0. The number of carbonyl (C=O) groups excluding carboxylic acids is 1. The summed E-state index contributed by atoms with van der Waals surface area (Å²) >= 11 is 0. The molecule has 1 atom stereocenters. The Morgan fingerprint density at radius 2 is 1.30 bits per heavy atom. The molecule has 0 rings (SSSR count). The molecular formula is C19H34KNO2. The molecule has 0 aliphatic heterocycles. The summed E-state index contributed by atoms with van der Waals surface area (Å²) in [5.41, 5.74) is 0. The van der Waals surface area contributed by atoms with E-state index in [1.54, 1.807) is 6.92 Å². The third-order valence-electron chi connectivity index (χ3n) is 3.84. The fourth-order valence-corrected chi connectivity index (χ4v) is 2.24. The van der Waals surface area contributed by atoms with Gasteiger partial charge in [0.2, 0.25) is 0 Å². The second-order valence-corrected chi connectivity index (χ2v) is 5.84. The van der Waals surface area contributed by atoms with E-state index >= 15 is 0 Å². The Balaban J connectivity index is 0. The molecule has 128 valence electrons. The second kappa shape index (κ2) is 18.9. The van der Waals surface area contributed by atoms with Gasteiger partial charge in [0.05, 0.1) is 5.97 Å². The van der Waals surface area contributed by atoms with Gasteiger partial charge < -0.3 is 9.90 Å². The zero-order valence-corrected chi connectivity index (χ0v) is 18.8.